The van der Waals surface area contributed by atoms with Gasteiger partial charge in [-0.25, -0.2) is 8.42 Å². The minimum Gasteiger partial charge on any atom is -0.345 e. The number of carbonyl (C=O) groups excluding carboxylic acids is 1. The number of halogens is 1. The lowest BCUT2D eigenvalue weighted by molar-refractivity contribution is 0.0574. The fourth-order valence-electron chi connectivity index (χ4n) is 4.05. The molecule has 3 rings (SSSR count). The number of hydrogen-bond acceptors (Lipinski definition) is 4. The minimum absolute atomic E-state index is 0. The van der Waals surface area contributed by atoms with Gasteiger partial charge in [0.1, 0.15) is 10.6 Å². The molecule has 3 heterocycles. The summed E-state index contributed by atoms with van der Waals surface area (Å²) in [5.41, 5.74) is 6.49. The van der Waals surface area contributed by atoms with Crippen LogP contribution in [0.3, 0.4) is 0 Å². The van der Waals surface area contributed by atoms with Crippen LogP contribution in [0.2, 0.25) is 0 Å². The third kappa shape index (κ3) is 4.50. The van der Waals surface area contributed by atoms with Gasteiger partial charge in [0.25, 0.3) is 5.91 Å². The largest absolute Gasteiger partial charge is 0.345 e. The van der Waals surface area contributed by atoms with Gasteiger partial charge in [-0.15, -0.1) is 12.4 Å². The van der Waals surface area contributed by atoms with E-state index in [1.807, 2.05) is 11.8 Å². The number of aryl methyl sites for hydroxylation is 1. The lowest BCUT2D eigenvalue weighted by Gasteiger charge is -2.38. The van der Waals surface area contributed by atoms with E-state index in [1.165, 1.54) is 10.4 Å². The summed E-state index contributed by atoms with van der Waals surface area (Å²) in [6.45, 7) is 3.71. The Morgan fingerprint density at radius 2 is 1.78 bits per heavy atom. The zero-order valence-electron chi connectivity index (χ0n) is 16.1. The van der Waals surface area contributed by atoms with Gasteiger partial charge in [0.15, 0.2) is 0 Å². The van der Waals surface area contributed by atoms with Crippen molar-refractivity contribution >= 4 is 28.3 Å². The predicted octanol–water partition coefficient (Wildman–Crippen LogP) is 1.96. The minimum atomic E-state index is -3.54. The Bertz CT molecular complexity index is 757. The topological polar surface area (TPSA) is 88.6 Å². The van der Waals surface area contributed by atoms with Crippen LogP contribution in [-0.4, -0.2) is 59.8 Å². The monoisotopic (exact) mass is 418 g/mol. The predicted molar refractivity (Wildman–Crippen MR) is 108 cm³/mol. The van der Waals surface area contributed by atoms with E-state index >= 15 is 0 Å². The van der Waals surface area contributed by atoms with E-state index in [0.29, 0.717) is 25.3 Å². The van der Waals surface area contributed by atoms with Crippen molar-refractivity contribution in [2.45, 2.75) is 62.4 Å². The van der Waals surface area contributed by atoms with Crippen molar-refractivity contribution in [1.29, 1.82) is 0 Å². The summed E-state index contributed by atoms with van der Waals surface area (Å²) >= 11 is 0. The molecule has 0 radical (unpaired) electrons. The molecule has 2 atom stereocenters. The van der Waals surface area contributed by atoms with E-state index in [-0.39, 0.29) is 35.3 Å². The van der Waals surface area contributed by atoms with Crippen LogP contribution in [-0.2, 0) is 17.1 Å². The molecule has 2 unspecified atom stereocenters. The van der Waals surface area contributed by atoms with Crippen molar-refractivity contribution in [1.82, 2.24) is 13.8 Å². The van der Waals surface area contributed by atoms with Gasteiger partial charge in [0.2, 0.25) is 10.0 Å². The average Bonchev–Trinajstić information content (AvgIpc) is 3.04. The van der Waals surface area contributed by atoms with Gasteiger partial charge in [-0.05, 0) is 45.1 Å². The van der Waals surface area contributed by atoms with Gasteiger partial charge in [-0.3, -0.25) is 4.79 Å². The van der Waals surface area contributed by atoms with Gasteiger partial charge in [-0.1, -0.05) is 6.42 Å². The fraction of sp³-hybridized carbons (Fsp3) is 0.722. The zero-order chi connectivity index (χ0) is 18.9. The van der Waals surface area contributed by atoms with Crippen LogP contribution in [0.25, 0.3) is 0 Å². The van der Waals surface area contributed by atoms with Gasteiger partial charge < -0.3 is 15.2 Å². The second-order valence-corrected chi connectivity index (χ2v) is 9.50. The zero-order valence-corrected chi connectivity index (χ0v) is 17.8. The first-order valence-corrected chi connectivity index (χ1v) is 11.0. The summed E-state index contributed by atoms with van der Waals surface area (Å²) in [6, 6.07) is 1.43. The first kappa shape index (κ1) is 22.2. The molecule has 154 valence electrons. The van der Waals surface area contributed by atoms with Crippen molar-refractivity contribution in [2.24, 2.45) is 12.8 Å². The lowest BCUT2D eigenvalue weighted by Crippen LogP contribution is -2.52. The summed E-state index contributed by atoms with van der Waals surface area (Å²) in [5.74, 6) is -0.130. The molecule has 9 heteroatoms. The fourth-order valence-corrected chi connectivity index (χ4v) is 5.63. The maximum atomic E-state index is 13.1. The van der Waals surface area contributed by atoms with Crippen LogP contribution in [0.4, 0.5) is 0 Å². The Hall–Kier alpha value is -1.09. The SMILES string of the molecule is CC(N)C1CCCCN1C(=O)c1cc(S(=O)(=O)N2CCCCC2)cn1C.Cl. The molecule has 2 fully saturated rings. The number of rotatable bonds is 4. The summed E-state index contributed by atoms with van der Waals surface area (Å²) in [7, 11) is -1.81. The smallest absolute Gasteiger partial charge is 0.270 e. The molecule has 2 saturated heterocycles. The molecule has 0 bridgehead atoms. The highest BCUT2D eigenvalue weighted by atomic mass is 35.5. The molecule has 0 aromatic carbocycles. The molecule has 1 amide bonds. The molecule has 0 spiro atoms. The maximum absolute atomic E-state index is 13.1. The molecular weight excluding hydrogens is 388 g/mol. The first-order valence-electron chi connectivity index (χ1n) is 9.55. The van der Waals surface area contributed by atoms with E-state index in [1.54, 1.807) is 17.8 Å². The quantitative estimate of drug-likeness (QED) is 0.809. The molecule has 0 aliphatic carbocycles. The van der Waals surface area contributed by atoms with Gasteiger partial charge >= 0.3 is 0 Å². The number of hydrogen-bond donors (Lipinski definition) is 1. The maximum Gasteiger partial charge on any atom is 0.270 e. The van der Waals surface area contributed by atoms with Crippen LogP contribution >= 0.6 is 12.4 Å². The Kier molecular flexibility index (Phi) is 7.35. The van der Waals surface area contributed by atoms with Crippen molar-refractivity contribution in [3.05, 3.63) is 18.0 Å². The van der Waals surface area contributed by atoms with Crippen molar-refractivity contribution in [3.8, 4) is 0 Å². The Morgan fingerprint density at radius 1 is 1.15 bits per heavy atom. The number of aromatic nitrogens is 1. The first-order chi connectivity index (χ1) is 12.3. The number of nitrogens with zero attached hydrogens (tertiary/aromatic N) is 3. The van der Waals surface area contributed by atoms with Crippen LogP contribution in [0.1, 0.15) is 55.9 Å². The van der Waals surface area contributed by atoms with Gasteiger partial charge in [0, 0.05) is 45.0 Å². The number of likely N-dealkylation sites (tertiary alicyclic amines) is 1. The van der Waals surface area contributed by atoms with E-state index in [2.05, 4.69) is 0 Å². The summed E-state index contributed by atoms with van der Waals surface area (Å²) in [4.78, 5) is 15.1. The molecule has 2 aliphatic heterocycles. The van der Waals surface area contributed by atoms with E-state index in [4.69, 9.17) is 5.73 Å². The molecule has 1 aromatic rings. The summed E-state index contributed by atoms with van der Waals surface area (Å²) < 4.78 is 28.9. The summed E-state index contributed by atoms with van der Waals surface area (Å²) in [5, 5.41) is 0. The number of piperidine rings is 2. The molecule has 1 aromatic heterocycles. The van der Waals surface area contributed by atoms with Crippen molar-refractivity contribution < 1.29 is 13.2 Å². The standard InChI is InChI=1S/C18H30N4O3S.ClH/c1-14(19)16-8-4-7-11-22(16)18(23)17-12-15(13-20(17)2)26(24,25)21-9-5-3-6-10-21;/h12-14,16H,3-11,19H2,1-2H3;1H. The Balaban J connectivity index is 0.00000261. The molecule has 2 N–H and O–H groups in total. The highest BCUT2D eigenvalue weighted by Gasteiger charge is 2.33. The normalized spacial score (nSPS) is 22.9. The van der Waals surface area contributed by atoms with Crippen molar-refractivity contribution in [2.75, 3.05) is 19.6 Å². The van der Waals surface area contributed by atoms with Crippen LogP contribution in [0.5, 0.6) is 0 Å². The highest BCUT2D eigenvalue weighted by Crippen LogP contribution is 2.25. The number of carbonyl (C=O) groups is 1. The number of sulfonamides is 1. The van der Waals surface area contributed by atoms with Crippen LogP contribution in [0, 0.1) is 0 Å². The van der Waals surface area contributed by atoms with E-state index in [9.17, 15) is 13.2 Å². The Labute approximate surface area is 168 Å². The molecule has 27 heavy (non-hydrogen) atoms. The molecule has 7 nitrogen and oxygen atoms in total. The van der Waals surface area contributed by atoms with Crippen molar-refractivity contribution in [3.63, 3.8) is 0 Å². The van der Waals surface area contributed by atoms with Crippen LogP contribution in [0.15, 0.2) is 17.2 Å². The second-order valence-electron chi connectivity index (χ2n) is 7.56. The van der Waals surface area contributed by atoms with Gasteiger partial charge in [-0.2, -0.15) is 4.31 Å². The number of nitrogens with two attached hydrogens (primary N) is 1. The van der Waals surface area contributed by atoms with Crippen LogP contribution < -0.4 is 5.73 Å². The third-order valence-corrected chi connectivity index (χ3v) is 7.43. The Morgan fingerprint density at radius 3 is 2.41 bits per heavy atom. The van der Waals surface area contributed by atoms with Gasteiger partial charge in [0.05, 0.1) is 0 Å². The summed E-state index contributed by atoms with van der Waals surface area (Å²) in [6.07, 6.45) is 7.33. The lowest BCUT2D eigenvalue weighted by atomic mass is 9.96. The highest BCUT2D eigenvalue weighted by molar-refractivity contribution is 7.89. The second kappa shape index (κ2) is 8.94. The molecular formula is C18H31ClN4O3S. The molecule has 0 saturated carbocycles. The average molecular weight is 419 g/mol. The molecule has 2 aliphatic rings. The third-order valence-electron chi connectivity index (χ3n) is 5.57. The number of amides is 1. The van der Waals surface area contributed by atoms with E-state index in [0.717, 1.165) is 38.5 Å². The van der Waals surface area contributed by atoms with E-state index < -0.39 is 10.0 Å².